The summed E-state index contributed by atoms with van der Waals surface area (Å²) in [6.07, 6.45) is 4.99. The van der Waals surface area contributed by atoms with E-state index < -0.39 is 8.32 Å². The van der Waals surface area contributed by atoms with Crippen LogP contribution < -0.4 is 10.4 Å². The molecule has 1 atom stereocenters. The van der Waals surface area contributed by atoms with Gasteiger partial charge in [0.15, 0.2) is 0 Å². The standard InChI is InChI=1S/C24H34O2Si/c1-5-6-9-14-21(25)19-20-26-27(24(2,3)4,22-15-10-7-11-16-22)23-17-12-8-13-18-23/h5,7-8,10-13,15-18,21,25H,1,6,9,14,19-20H2,2-4H3/t21-/m0/s1. The molecule has 0 spiro atoms. The molecular weight excluding hydrogens is 348 g/mol. The third-order valence-corrected chi connectivity index (χ3v) is 10.2. The van der Waals surface area contributed by atoms with Crippen LogP contribution in [0.2, 0.25) is 5.04 Å². The van der Waals surface area contributed by atoms with Gasteiger partial charge in [0.2, 0.25) is 0 Å². The van der Waals surface area contributed by atoms with E-state index in [1.165, 1.54) is 10.4 Å². The van der Waals surface area contributed by atoms with Gasteiger partial charge in [-0.05, 0) is 41.1 Å². The molecule has 146 valence electrons. The van der Waals surface area contributed by atoms with Crippen molar-refractivity contribution in [2.45, 2.75) is 57.6 Å². The minimum atomic E-state index is -2.48. The predicted molar refractivity (Wildman–Crippen MR) is 118 cm³/mol. The van der Waals surface area contributed by atoms with E-state index >= 15 is 0 Å². The van der Waals surface area contributed by atoms with Crippen molar-refractivity contribution in [3.8, 4) is 0 Å². The number of hydrogen-bond acceptors (Lipinski definition) is 2. The van der Waals surface area contributed by atoms with Gasteiger partial charge < -0.3 is 9.53 Å². The summed E-state index contributed by atoms with van der Waals surface area (Å²) in [6.45, 7) is 11.1. The largest absolute Gasteiger partial charge is 0.407 e. The highest BCUT2D eigenvalue weighted by Gasteiger charge is 2.49. The highest BCUT2D eigenvalue weighted by Crippen LogP contribution is 2.36. The summed E-state index contributed by atoms with van der Waals surface area (Å²) in [5, 5.41) is 12.9. The Hall–Kier alpha value is -1.68. The summed E-state index contributed by atoms with van der Waals surface area (Å²) in [5.74, 6) is 0. The molecule has 0 saturated heterocycles. The van der Waals surface area contributed by atoms with Crippen LogP contribution in [0.25, 0.3) is 0 Å². The second-order valence-corrected chi connectivity index (χ2v) is 12.5. The molecule has 2 rings (SSSR count). The Labute approximate surface area is 166 Å². The molecule has 0 unspecified atom stereocenters. The average Bonchev–Trinajstić information content (AvgIpc) is 2.66. The molecule has 1 N–H and O–H groups in total. The van der Waals surface area contributed by atoms with Gasteiger partial charge in [0.1, 0.15) is 0 Å². The second kappa shape index (κ2) is 10.0. The van der Waals surface area contributed by atoms with E-state index in [-0.39, 0.29) is 11.1 Å². The minimum Gasteiger partial charge on any atom is -0.407 e. The van der Waals surface area contributed by atoms with Gasteiger partial charge in [-0.25, -0.2) is 0 Å². The van der Waals surface area contributed by atoms with Crippen LogP contribution in [0.4, 0.5) is 0 Å². The molecule has 0 saturated carbocycles. The number of unbranched alkanes of at least 4 members (excludes halogenated alkanes) is 1. The molecule has 0 fully saturated rings. The summed E-state index contributed by atoms with van der Waals surface area (Å²) in [6, 6.07) is 21.3. The van der Waals surface area contributed by atoms with Crippen molar-refractivity contribution in [2.24, 2.45) is 0 Å². The first-order chi connectivity index (χ1) is 12.9. The second-order valence-electron chi connectivity index (χ2n) is 8.17. The molecule has 0 amide bonds. The van der Waals surface area contributed by atoms with Gasteiger partial charge in [-0.15, -0.1) is 6.58 Å². The van der Waals surface area contributed by atoms with E-state index in [0.717, 1.165) is 19.3 Å². The Morgan fingerprint density at radius 2 is 1.48 bits per heavy atom. The van der Waals surface area contributed by atoms with Crippen LogP contribution in [0.1, 0.15) is 46.5 Å². The SMILES string of the molecule is C=CCCC[C@H](O)CCO[Si](c1ccccc1)(c1ccccc1)C(C)(C)C. The number of hydrogen-bond donors (Lipinski definition) is 1. The molecule has 2 aromatic rings. The number of benzene rings is 2. The van der Waals surface area contributed by atoms with Crippen LogP contribution in [0, 0.1) is 0 Å². The van der Waals surface area contributed by atoms with Crippen molar-refractivity contribution >= 4 is 18.7 Å². The lowest BCUT2D eigenvalue weighted by molar-refractivity contribution is 0.126. The molecule has 2 nitrogen and oxygen atoms in total. The number of aliphatic hydroxyl groups is 1. The van der Waals surface area contributed by atoms with Crippen LogP contribution in [0.15, 0.2) is 73.3 Å². The molecular formula is C24H34O2Si. The van der Waals surface area contributed by atoms with Gasteiger partial charge in [0.25, 0.3) is 8.32 Å². The van der Waals surface area contributed by atoms with E-state index in [1.807, 2.05) is 6.08 Å². The third kappa shape index (κ3) is 5.41. The van der Waals surface area contributed by atoms with E-state index in [9.17, 15) is 5.11 Å². The number of allylic oxidation sites excluding steroid dienone is 1. The monoisotopic (exact) mass is 382 g/mol. The Balaban J connectivity index is 2.29. The van der Waals surface area contributed by atoms with E-state index in [4.69, 9.17) is 4.43 Å². The number of aliphatic hydroxyl groups excluding tert-OH is 1. The highest BCUT2D eigenvalue weighted by molar-refractivity contribution is 6.99. The van der Waals surface area contributed by atoms with E-state index in [1.54, 1.807) is 0 Å². The lowest BCUT2D eigenvalue weighted by Gasteiger charge is -2.43. The molecule has 3 heteroatoms. The van der Waals surface area contributed by atoms with Crippen LogP contribution in [-0.2, 0) is 4.43 Å². The highest BCUT2D eigenvalue weighted by atomic mass is 28.4. The van der Waals surface area contributed by atoms with Gasteiger partial charge in [0, 0.05) is 6.61 Å². The summed E-state index contributed by atoms with van der Waals surface area (Å²) in [5.41, 5.74) is 0. The first kappa shape index (κ1) is 21.6. The maximum atomic E-state index is 10.3. The van der Waals surface area contributed by atoms with E-state index in [2.05, 4.69) is 88.0 Å². The Morgan fingerprint density at radius 3 is 1.93 bits per heavy atom. The van der Waals surface area contributed by atoms with Crippen LogP contribution in [-0.4, -0.2) is 26.1 Å². The van der Waals surface area contributed by atoms with Crippen LogP contribution >= 0.6 is 0 Å². The van der Waals surface area contributed by atoms with Gasteiger partial charge in [-0.3, -0.25) is 0 Å². The molecule has 0 aliphatic rings. The molecule has 0 radical (unpaired) electrons. The van der Waals surface area contributed by atoms with Crippen LogP contribution in [0.5, 0.6) is 0 Å². The summed E-state index contributed by atoms with van der Waals surface area (Å²) in [4.78, 5) is 0. The smallest absolute Gasteiger partial charge is 0.261 e. The molecule has 0 bridgehead atoms. The zero-order chi connectivity index (χ0) is 19.8. The van der Waals surface area contributed by atoms with Crippen molar-refractivity contribution < 1.29 is 9.53 Å². The van der Waals surface area contributed by atoms with Gasteiger partial charge in [0.05, 0.1) is 6.10 Å². The first-order valence-electron chi connectivity index (χ1n) is 9.96. The van der Waals surface area contributed by atoms with Gasteiger partial charge >= 0.3 is 0 Å². The molecule has 0 heterocycles. The lowest BCUT2D eigenvalue weighted by Crippen LogP contribution is -2.66. The van der Waals surface area contributed by atoms with Crippen LogP contribution in [0.3, 0.4) is 0 Å². The van der Waals surface area contributed by atoms with Crippen molar-refractivity contribution in [3.05, 3.63) is 73.3 Å². The average molecular weight is 383 g/mol. The van der Waals surface area contributed by atoms with Crippen molar-refractivity contribution in [1.82, 2.24) is 0 Å². The summed E-state index contributed by atoms with van der Waals surface area (Å²) >= 11 is 0. The molecule has 0 aliphatic carbocycles. The fourth-order valence-electron chi connectivity index (χ4n) is 3.75. The molecule has 0 aliphatic heterocycles. The fourth-order valence-corrected chi connectivity index (χ4v) is 8.33. The molecule has 2 aromatic carbocycles. The predicted octanol–water partition coefficient (Wildman–Crippen LogP) is 4.67. The zero-order valence-electron chi connectivity index (χ0n) is 17.0. The van der Waals surface area contributed by atoms with Crippen molar-refractivity contribution in [3.63, 3.8) is 0 Å². The fraction of sp³-hybridized carbons (Fsp3) is 0.417. The summed E-state index contributed by atoms with van der Waals surface area (Å²) in [7, 11) is -2.48. The van der Waals surface area contributed by atoms with Gasteiger partial charge in [-0.1, -0.05) is 87.5 Å². The molecule has 27 heavy (non-hydrogen) atoms. The summed E-state index contributed by atoms with van der Waals surface area (Å²) < 4.78 is 6.80. The Morgan fingerprint density at radius 1 is 0.963 bits per heavy atom. The van der Waals surface area contributed by atoms with Crippen molar-refractivity contribution in [2.75, 3.05) is 6.61 Å². The Kier molecular flexibility index (Phi) is 8.02. The third-order valence-electron chi connectivity index (χ3n) is 5.13. The maximum absolute atomic E-state index is 10.3. The normalized spacial score (nSPS) is 13.3. The topological polar surface area (TPSA) is 29.5 Å². The lowest BCUT2D eigenvalue weighted by atomic mass is 10.1. The first-order valence-corrected chi connectivity index (χ1v) is 11.9. The zero-order valence-corrected chi connectivity index (χ0v) is 18.0. The van der Waals surface area contributed by atoms with E-state index in [0.29, 0.717) is 13.0 Å². The van der Waals surface area contributed by atoms with Crippen molar-refractivity contribution in [1.29, 1.82) is 0 Å². The van der Waals surface area contributed by atoms with Gasteiger partial charge in [-0.2, -0.15) is 0 Å². The molecule has 0 aromatic heterocycles. The minimum absolute atomic E-state index is 0.0243. The maximum Gasteiger partial charge on any atom is 0.261 e. The quantitative estimate of drug-likeness (QED) is 0.367. The Bertz CT molecular complexity index is 637. The number of rotatable bonds is 10.